The summed E-state index contributed by atoms with van der Waals surface area (Å²) in [6.45, 7) is 13.8. The predicted molar refractivity (Wildman–Crippen MR) is 65.6 cm³/mol. The van der Waals surface area contributed by atoms with Gasteiger partial charge in [-0.25, -0.2) is 0 Å². The van der Waals surface area contributed by atoms with Gasteiger partial charge in [0.25, 0.3) is 0 Å². The van der Waals surface area contributed by atoms with Crippen LogP contribution in [-0.2, 0) is 4.79 Å². The Labute approximate surface area is 98.7 Å². The Morgan fingerprint density at radius 2 is 2.00 bits per heavy atom. The van der Waals surface area contributed by atoms with Crippen LogP contribution >= 0.6 is 0 Å². The van der Waals surface area contributed by atoms with Crippen molar-refractivity contribution in [1.29, 1.82) is 5.26 Å². The van der Waals surface area contributed by atoms with Gasteiger partial charge >= 0.3 is 0 Å². The van der Waals surface area contributed by atoms with Crippen molar-refractivity contribution in [3.05, 3.63) is 12.7 Å². The minimum absolute atomic E-state index is 0.0344. The van der Waals surface area contributed by atoms with Crippen LogP contribution in [0.3, 0.4) is 0 Å². The highest BCUT2D eigenvalue weighted by atomic mass is 16.2. The van der Waals surface area contributed by atoms with E-state index < -0.39 is 5.92 Å². The lowest BCUT2D eigenvalue weighted by molar-refractivity contribution is -0.139. The first-order valence-corrected chi connectivity index (χ1v) is 5.57. The Balaban J connectivity index is 5.02. The highest BCUT2D eigenvalue weighted by Crippen LogP contribution is 2.20. The van der Waals surface area contributed by atoms with Crippen LogP contribution in [0.15, 0.2) is 12.7 Å². The largest absolute Gasteiger partial charge is 0.333 e. The average Bonchev–Trinajstić information content (AvgIpc) is 2.12. The molecule has 0 radical (unpaired) electrons. The summed E-state index contributed by atoms with van der Waals surface area (Å²) in [6.07, 6.45) is 1.69. The standard InChI is InChI=1S/C13H22N2O/c1-7-8-15(13(4,5)6)12(16)11(9-14)10(2)3/h7,10-11H,1,8H2,2-6H3. The summed E-state index contributed by atoms with van der Waals surface area (Å²) >= 11 is 0. The van der Waals surface area contributed by atoms with Crippen molar-refractivity contribution in [2.24, 2.45) is 11.8 Å². The molecule has 0 aromatic carbocycles. The maximum absolute atomic E-state index is 12.2. The normalized spacial score (nSPS) is 13.1. The molecular formula is C13H22N2O. The van der Waals surface area contributed by atoms with E-state index in [1.54, 1.807) is 11.0 Å². The van der Waals surface area contributed by atoms with Crippen LogP contribution in [0, 0.1) is 23.2 Å². The Bertz CT molecular complexity index is 294. The lowest BCUT2D eigenvalue weighted by Gasteiger charge is -2.36. The van der Waals surface area contributed by atoms with Crippen molar-refractivity contribution in [2.45, 2.75) is 40.2 Å². The van der Waals surface area contributed by atoms with E-state index in [1.165, 1.54) is 0 Å². The summed E-state index contributed by atoms with van der Waals surface area (Å²) in [5.74, 6) is -0.642. The van der Waals surface area contributed by atoms with Gasteiger partial charge in [-0.05, 0) is 26.7 Å². The van der Waals surface area contributed by atoms with Gasteiger partial charge < -0.3 is 4.90 Å². The maximum atomic E-state index is 12.2. The van der Waals surface area contributed by atoms with Crippen LogP contribution in [0.2, 0.25) is 0 Å². The summed E-state index contributed by atoms with van der Waals surface area (Å²) in [7, 11) is 0. The third-order valence-electron chi connectivity index (χ3n) is 2.46. The summed E-state index contributed by atoms with van der Waals surface area (Å²) in [4.78, 5) is 13.9. The molecule has 0 aromatic heterocycles. The molecule has 0 aliphatic rings. The molecule has 1 atom stereocenters. The zero-order valence-electron chi connectivity index (χ0n) is 10.9. The molecule has 0 fully saturated rings. The molecule has 3 nitrogen and oxygen atoms in total. The number of hydrogen-bond acceptors (Lipinski definition) is 2. The fourth-order valence-electron chi connectivity index (χ4n) is 1.48. The second-order valence-electron chi connectivity index (χ2n) is 5.26. The van der Waals surface area contributed by atoms with E-state index in [9.17, 15) is 4.79 Å². The number of carbonyl (C=O) groups is 1. The highest BCUT2D eigenvalue weighted by Gasteiger charge is 2.32. The van der Waals surface area contributed by atoms with Crippen LogP contribution in [-0.4, -0.2) is 22.9 Å². The average molecular weight is 222 g/mol. The molecule has 1 unspecified atom stereocenters. The van der Waals surface area contributed by atoms with E-state index in [1.807, 2.05) is 34.6 Å². The second kappa shape index (κ2) is 5.69. The maximum Gasteiger partial charge on any atom is 0.240 e. The van der Waals surface area contributed by atoms with Crippen LogP contribution in [0.4, 0.5) is 0 Å². The molecule has 0 aliphatic heterocycles. The van der Waals surface area contributed by atoms with Gasteiger partial charge in [-0.3, -0.25) is 4.79 Å². The molecule has 1 amide bonds. The minimum atomic E-state index is -0.570. The molecular weight excluding hydrogens is 200 g/mol. The molecule has 0 heterocycles. The van der Waals surface area contributed by atoms with Gasteiger partial charge in [0.15, 0.2) is 0 Å². The van der Waals surface area contributed by atoms with Gasteiger partial charge in [-0.2, -0.15) is 5.26 Å². The van der Waals surface area contributed by atoms with Crippen molar-refractivity contribution in [3.8, 4) is 6.07 Å². The molecule has 0 saturated carbocycles. The first-order chi connectivity index (χ1) is 7.25. The van der Waals surface area contributed by atoms with Gasteiger partial charge in [0, 0.05) is 12.1 Å². The van der Waals surface area contributed by atoms with Crippen LogP contribution in [0.1, 0.15) is 34.6 Å². The Kier molecular flexibility index (Phi) is 5.23. The monoisotopic (exact) mass is 222 g/mol. The number of hydrogen-bond donors (Lipinski definition) is 0. The second-order valence-corrected chi connectivity index (χ2v) is 5.26. The van der Waals surface area contributed by atoms with E-state index >= 15 is 0 Å². The lowest BCUT2D eigenvalue weighted by atomic mass is 9.93. The first kappa shape index (κ1) is 14.7. The van der Waals surface area contributed by atoms with Gasteiger partial charge in [0.1, 0.15) is 5.92 Å². The fourth-order valence-corrected chi connectivity index (χ4v) is 1.48. The zero-order chi connectivity index (χ0) is 12.9. The quantitative estimate of drug-likeness (QED) is 0.686. The molecule has 0 N–H and O–H groups in total. The van der Waals surface area contributed by atoms with Crippen molar-refractivity contribution in [3.63, 3.8) is 0 Å². The topological polar surface area (TPSA) is 44.1 Å². The molecule has 0 rings (SSSR count). The van der Waals surface area contributed by atoms with Crippen molar-refractivity contribution in [2.75, 3.05) is 6.54 Å². The predicted octanol–water partition coefficient (Wildman–Crippen LogP) is 2.60. The number of amides is 1. The van der Waals surface area contributed by atoms with Gasteiger partial charge in [-0.1, -0.05) is 19.9 Å². The van der Waals surface area contributed by atoms with E-state index in [0.29, 0.717) is 6.54 Å². The molecule has 0 bridgehead atoms. The Hall–Kier alpha value is -1.30. The smallest absolute Gasteiger partial charge is 0.240 e. The van der Waals surface area contributed by atoms with Crippen LogP contribution in [0.25, 0.3) is 0 Å². The van der Waals surface area contributed by atoms with E-state index in [4.69, 9.17) is 5.26 Å². The van der Waals surface area contributed by atoms with E-state index in [-0.39, 0.29) is 17.4 Å². The number of rotatable bonds is 4. The summed E-state index contributed by atoms with van der Waals surface area (Å²) in [5, 5.41) is 9.03. The van der Waals surface area contributed by atoms with Crippen LogP contribution < -0.4 is 0 Å². The zero-order valence-corrected chi connectivity index (χ0v) is 10.9. The number of carbonyl (C=O) groups excluding carboxylic acids is 1. The minimum Gasteiger partial charge on any atom is -0.333 e. The molecule has 0 aliphatic carbocycles. The van der Waals surface area contributed by atoms with E-state index in [2.05, 4.69) is 12.6 Å². The highest BCUT2D eigenvalue weighted by molar-refractivity contribution is 5.82. The lowest BCUT2D eigenvalue weighted by Crippen LogP contribution is -2.49. The molecule has 90 valence electrons. The van der Waals surface area contributed by atoms with Gasteiger partial charge in [-0.15, -0.1) is 6.58 Å². The van der Waals surface area contributed by atoms with Crippen molar-refractivity contribution < 1.29 is 4.79 Å². The third kappa shape index (κ3) is 3.69. The first-order valence-electron chi connectivity index (χ1n) is 5.57. The molecule has 0 saturated heterocycles. The summed E-state index contributed by atoms with van der Waals surface area (Å²) < 4.78 is 0. The molecule has 3 heteroatoms. The SMILES string of the molecule is C=CCN(C(=O)C(C#N)C(C)C)C(C)(C)C. The summed E-state index contributed by atoms with van der Waals surface area (Å²) in [5.41, 5.74) is -0.282. The number of nitrogens with zero attached hydrogens (tertiary/aromatic N) is 2. The Morgan fingerprint density at radius 3 is 2.25 bits per heavy atom. The Morgan fingerprint density at radius 1 is 1.50 bits per heavy atom. The van der Waals surface area contributed by atoms with E-state index in [0.717, 1.165) is 0 Å². The molecule has 0 spiro atoms. The van der Waals surface area contributed by atoms with Gasteiger partial charge in [0.05, 0.1) is 6.07 Å². The van der Waals surface area contributed by atoms with Crippen molar-refractivity contribution in [1.82, 2.24) is 4.90 Å². The van der Waals surface area contributed by atoms with Crippen LogP contribution in [0.5, 0.6) is 0 Å². The van der Waals surface area contributed by atoms with Gasteiger partial charge in [0.2, 0.25) is 5.91 Å². The number of nitriles is 1. The molecule has 16 heavy (non-hydrogen) atoms. The third-order valence-corrected chi connectivity index (χ3v) is 2.46. The van der Waals surface area contributed by atoms with Crippen molar-refractivity contribution >= 4 is 5.91 Å². The molecule has 0 aromatic rings. The summed E-state index contributed by atoms with van der Waals surface area (Å²) in [6, 6.07) is 2.09. The fraction of sp³-hybridized carbons (Fsp3) is 0.692.